The Morgan fingerprint density at radius 2 is 1.90 bits per heavy atom. The van der Waals surface area contributed by atoms with Crippen molar-refractivity contribution in [1.29, 1.82) is 0 Å². The second kappa shape index (κ2) is 6.16. The molecule has 110 valence electrons. The minimum Gasteiger partial charge on any atom is -0.493 e. The number of para-hydroxylation sites is 2. The summed E-state index contributed by atoms with van der Waals surface area (Å²) in [7, 11) is 1.62. The third kappa shape index (κ3) is 2.89. The van der Waals surface area contributed by atoms with Crippen LogP contribution >= 0.6 is 0 Å². The van der Waals surface area contributed by atoms with E-state index in [4.69, 9.17) is 9.47 Å². The summed E-state index contributed by atoms with van der Waals surface area (Å²) >= 11 is 0. The molecular formula is C16H22O4. The van der Waals surface area contributed by atoms with Gasteiger partial charge in [0.05, 0.1) is 18.6 Å². The molecule has 0 amide bonds. The molecule has 1 aromatic rings. The van der Waals surface area contributed by atoms with Gasteiger partial charge in [0.2, 0.25) is 0 Å². The van der Waals surface area contributed by atoms with Crippen molar-refractivity contribution >= 4 is 5.97 Å². The molecule has 20 heavy (non-hydrogen) atoms. The Morgan fingerprint density at radius 3 is 2.40 bits per heavy atom. The van der Waals surface area contributed by atoms with Gasteiger partial charge in [-0.1, -0.05) is 19.1 Å². The van der Waals surface area contributed by atoms with Crippen LogP contribution in [0.15, 0.2) is 24.3 Å². The van der Waals surface area contributed by atoms with E-state index in [0.29, 0.717) is 19.3 Å². The number of hydrogen-bond acceptors (Lipinski definition) is 3. The van der Waals surface area contributed by atoms with Gasteiger partial charge in [0.15, 0.2) is 11.5 Å². The number of rotatable bonds is 5. The van der Waals surface area contributed by atoms with Gasteiger partial charge in [-0.15, -0.1) is 0 Å². The van der Waals surface area contributed by atoms with Crippen LogP contribution in [0.25, 0.3) is 0 Å². The lowest BCUT2D eigenvalue weighted by atomic mass is 9.71. The molecule has 1 fully saturated rings. The third-order valence-electron chi connectivity index (χ3n) is 4.38. The maximum atomic E-state index is 11.4. The molecule has 1 N–H and O–H groups in total. The zero-order chi connectivity index (χ0) is 14.6. The van der Waals surface area contributed by atoms with Gasteiger partial charge in [-0.05, 0) is 44.2 Å². The molecule has 0 saturated heterocycles. The molecule has 1 aliphatic carbocycles. The first-order valence-corrected chi connectivity index (χ1v) is 7.14. The molecule has 4 heteroatoms. The maximum absolute atomic E-state index is 11.4. The van der Waals surface area contributed by atoms with Gasteiger partial charge in [0.1, 0.15) is 0 Å². The van der Waals surface area contributed by atoms with Crippen molar-refractivity contribution < 1.29 is 19.4 Å². The largest absolute Gasteiger partial charge is 0.493 e. The van der Waals surface area contributed by atoms with Gasteiger partial charge in [0.25, 0.3) is 0 Å². The topological polar surface area (TPSA) is 55.8 Å². The van der Waals surface area contributed by atoms with Gasteiger partial charge in [0, 0.05) is 0 Å². The first-order valence-electron chi connectivity index (χ1n) is 7.14. The van der Waals surface area contributed by atoms with Crippen molar-refractivity contribution in [3.05, 3.63) is 24.3 Å². The summed E-state index contributed by atoms with van der Waals surface area (Å²) in [4.78, 5) is 11.4. The maximum Gasteiger partial charge on any atom is 0.309 e. The molecule has 1 saturated carbocycles. The van der Waals surface area contributed by atoms with Crippen molar-refractivity contribution in [1.82, 2.24) is 0 Å². The van der Waals surface area contributed by atoms with E-state index in [1.54, 1.807) is 7.11 Å². The molecule has 0 aliphatic heterocycles. The fourth-order valence-electron chi connectivity index (χ4n) is 2.88. The van der Waals surface area contributed by atoms with Crippen LogP contribution in [-0.2, 0) is 4.79 Å². The van der Waals surface area contributed by atoms with E-state index >= 15 is 0 Å². The zero-order valence-corrected chi connectivity index (χ0v) is 12.1. The highest BCUT2D eigenvalue weighted by Crippen LogP contribution is 2.41. The molecule has 0 heterocycles. The predicted octanol–water partition coefficient (Wildman–Crippen LogP) is 3.50. The van der Waals surface area contributed by atoms with E-state index in [9.17, 15) is 9.90 Å². The van der Waals surface area contributed by atoms with Gasteiger partial charge in [-0.25, -0.2) is 0 Å². The van der Waals surface area contributed by atoms with Crippen molar-refractivity contribution in [3.63, 3.8) is 0 Å². The van der Waals surface area contributed by atoms with E-state index in [0.717, 1.165) is 24.3 Å². The van der Waals surface area contributed by atoms with Crippen molar-refractivity contribution in [2.24, 2.45) is 5.41 Å². The van der Waals surface area contributed by atoms with Crippen molar-refractivity contribution in [2.45, 2.75) is 45.1 Å². The second-order valence-corrected chi connectivity index (χ2v) is 5.41. The molecule has 2 rings (SSSR count). The van der Waals surface area contributed by atoms with Crippen LogP contribution in [0.1, 0.15) is 39.0 Å². The molecule has 0 unspecified atom stereocenters. The average Bonchev–Trinajstić information content (AvgIpc) is 2.48. The number of ether oxygens (including phenoxy) is 2. The highest BCUT2D eigenvalue weighted by atomic mass is 16.5. The molecule has 1 aliphatic rings. The smallest absolute Gasteiger partial charge is 0.309 e. The molecule has 0 spiro atoms. The van der Waals surface area contributed by atoms with Gasteiger partial charge >= 0.3 is 5.97 Å². The van der Waals surface area contributed by atoms with E-state index in [1.165, 1.54) is 0 Å². The highest BCUT2D eigenvalue weighted by Gasteiger charge is 2.40. The molecule has 0 aromatic heterocycles. The number of methoxy groups -OCH3 is 1. The summed E-state index contributed by atoms with van der Waals surface area (Å²) in [5.74, 6) is 0.785. The van der Waals surface area contributed by atoms with Gasteiger partial charge in [-0.2, -0.15) is 0 Å². The summed E-state index contributed by atoms with van der Waals surface area (Å²) in [6.07, 6.45) is 3.67. The minimum atomic E-state index is -0.671. The Hall–Kier alpha value is -1.71. The molecule has 0 atom stereocenters. The zero-order valence-electron chi connectivity index (χ0n) is 12.1. The summed E-state index contributed by atoms with van der Waals surface area (Å²) in [5, 5.41) is 9.39. The molecular weight excluding hydrogens is 256 g/mol. The van der Waals surface area contributed by atoms with Gasteiger partial charge in [-0.3, -0.25) is 4.79 Å². The monoisotopic (exact) mass is 278 g/mol. The van der Waals surface area contributed by atoms with Crippen molar-refractivity contribution in [3.8, 4) is 11.5 Å². The number of benzene rings is 1. The summed E-state index contributed by atoms with van der Waals surface area (Å²) < 4.78 is 11.2. The lowest BCUT2D eigenvalue weighted by molar-refractivity contribution is -0.152. The molecule has 0 bridgehead atoms. The predicted molar refractivity (Wildman–Crippen MR) is 76.2 cm³/mol. The number of aliphatic carboxylic acids is 1. The summed E-state index contributed by atoms with van der Waals surface area (Å²) in [5.41, 5.74) is -0.555. The highest BCUT2D eigenvalue weighted by molar-refractivity contribution is 5.74. The van der Waals surface area contributed by atoms with Crippen molar-refractivity contribution in [2.75, 3.05) is 7.11 Å². The molecule has 1 aromatic carbocycles. The quantitative estimate of drug-likeness (QED) is 0.895. The van der Waals surface area contributed by atoms with Gasteiger partial charge < -0.3 is 14.6 Å². The van der Waals surface area contributed by atoms with E-state index in [2.05, 4.69) is 0 Å². The molecule has 0 radical (unpaired) electrons. The van der Waals surface area contributed by atoms with Crippen LogP contribution in [0.5, 0.6) is 11.5 Å². The number of hydrogen-bond donors (Lipinski definition) is 1. The Labute approximate surface area is 119 Å². The fraction of sp³-hybridized carbons (Fsp3) is 0.562. The number of carboxylic acid groups (broad SMARTS) is 1. The van der Waals surface area contributed by atoms with Crippen LogP contribution in [0.4, 0.5) is 0 Å². The van der Waals surface area contributed by atoms with Crippen LogP contribution < -0.4 is 9.47 Å². The Bertz CT molecular complexity index is 461. The summed E-state index contributed by atoms with van der Waals surface area (Å²) in [6, 6.07) is 7.57. The second-order valence-electron chi connectivity index (χ2n) is 5.41. The van der Waals surface area contributed by atoms with E-state index in [-0.39, 0.29) is 6.10 Å². The standard InChI is InChI=1S/C16H22O4/c1-3-16(15(17)18)10-8-12(9-11-16)20-14-7-5-4-6-13(14)19-2/h4-7,12H,3,8-11H2,1-2H3,(H,17,18). The minimum absolute atomic E-state index is 0.0744. The number of carboxylic acids is 1. The molecule has 4 nitrogen and oxygen atoms in total. The first kappa shape index (κ1) is 14.7. The number of carbonyl (C=O) groups is 1. The Morgan fingerprint density at radius 1 is 1.30 bits per heavy atom. The van der Waals surface area contributed by atoms with Crippen LogP contribution in [0.2, 0.25) is 0 Å². The summed E-state index contributed by atoms with van der Waals surface area (Å²) in [6.45, 7) is 1.95. The first-order chi connectivity index (χ1) is 9.61. The Balaban J connectivity index is 1.99. The third-order valence-corrected chi connectivity index (χ3v) is 4.38. The normalized spacial score (nSPS) is 26.0. The lowest BCUT2D eigenvalue weighted by Crippen LogP contribution is -2.37. The lowest BCUT2D eigenvalue weighted by Gasteiger charge is -2.36. The SMILES string of the molecule is CCC1(C(=O)O)CCC(Oc2ccccc2OC)CC1. The fourth-order valence-corrected chi connectivity index (χ4v) is 2.88. The van der Waals surface area contributed by atoms with Crippen LogP contribution in [0, 0.1) is 5.41 Å². The van der Waals surface area contributed by atoms with Crippen LogP contribution in [-0.4, -0.2) is 24.3 Å². The van der Waals surface area contributed by atoms with Crippen LogP contribution in [0.3, 0.4) is 0 Å². The average molecular weight is 278 g/mol. The van der Waals surface area contributed by atoms with E-state index in [1.807, 2.05) is 31.2 Å². The van der Waals surface area contributed by atoms with E-state index < -0.39 is 11.4 Å². The Kier molecular flexibility index (Phi) is 4.53.